The number of nitrogens with zero attached hydrogens (tertiary/aromatic N) is 3. The average molecular weight is 499 g/mol. The maximum Gasteiger partial charge on any atom is 0.244 e. The van der Waals surface area contributed by atoms with Crippen molar-refractivity contribution < 1.29 is 19.0 Å². The van der Waals surface area contributed by atoms with Crippen molar-refractivity contribution in [1.29, 1.82) is 0 Å². The number of amides is 1. The Morgan fingerprint density at radius 2 is 1.94 bits per heavy atom. The molecule has 7 nitrogen and oxygen atoms in total. The second-order valence-corrected chi connectivity index (χ2v) is 10.6. The number of benzene rings is 2. The van der Waals surface area contributed by atoms with Crippen LogP contribution in [0.15, 0.2) is 42.5 Å². The highest BCUT2D eigenvalue weighted by Crippen LogP contribution is 2.26. The molecule has 35 heavy (non-hydrogen) atoms. The Hall–Kier alpha value is -2.59. The third kappa shape index (κ3) is 5.81. The number of thiazole rings is 1. The molecule has 3 heterocycles. The molecule has 5 rings (SSSR count). The lowest BCUT2D eigenvalue weighted by Gasteiger charge is -2.34. The summed E-state index contributed by atoms with van der Waals surface area (Å²) in [5.41, 5.74) is 1.67. The van der Waals surface area contributed by atoms with Crippen LogP contribution in [0, 0.1) is 12.7 Å². The van der Waals surface area contributed by atoms with Crippen molar-refractivity contribution in [2.75, 3.05) is 37.7 Å². The number of aryl methyl sites for hydroxylation is 1. The number of aliphatic hydroxyl groups excluding tert-OH is 1. The van der Waals surface area contributed by atoms with Gasteiger partial charge in [0.2, 0.25) is 5.91 Å². The Balaban J connectivity index is 1.04. The lowest BCUT2D eigenvalue weighted by atomic mass is 10.0. The zero-order valence-electron chi connectivity index (χ0n) is 19.8. The third-order valence-corrected chi connectivity index (χ3v) is 7.70. The standard InChI is InChI=1S/C26H31FN4O3S/c1-17-28-24-14-22(6-7-25(24)35-17)34-16-21(32)15-30-11-8-19(9-12-30)29-23-10-13-31(26(23)33)20-4-2-18(27)3-5-20/h2-7,14,19,21,23,29,32H,8-13,15-16H2,1H3/t21-,23-/m1/s1. The summed E-state index contributed by atoms with van der Waals surface area (Å²) in [4.78, 5) is 21.3. The first-order valence-electron chi connectivity index (χ1n) is 12.2. The number of halogens is 1. The molecule has 0 unspecified atom stereocenters. The second kappa shape index (κ2) is 10.6. The molecule has 3 aromatic rings. The fraction of sp³-hybridized carbons (Fsp3) is 0.462. The number of ether oxygens (including phenoxy) is 1. The molecule has 0 bridgehead atoms. The van der Waals surface area contributed by atoms with Crippen LogP contribution in [0.25, 0.3) is 10.2 Å². The van der Waals surface area contributed by atoms with E-state index in [1.54, 1.807) is 28.4 Å². The second-order valence-electron chi connectivity index (χ2n) is 9.38. The number of nitrogens with one attached hydrogen (secondary N) is 1. The number of piperidine rings is 1. The Labute approximate surface area is 208 Å². The molecule has 2 atom stereocenters. The van der Waals surface area contributed by atoms with Crippen molar-refractivity contribution in [3.05, 3.63) is 53.3 Å². The lowest BCUT2D eigenvalue weighted by molar-refractivity contribution is -0.119. The quantitative estimate of drug-likeness (QED) is 0.496. The van der Waals surface area contributed by atoms with Crippen LogP contribution in [0.2, 0.25) is 0 Å². The molecule has 2 aliphatic heterocycles. The highest BCUT2D eigenvalue weighted by Gasteiger charge is 2.34. The largest absolute Gasteiger partial charge is 0.491 e. The minimum absolute atomic E-state index is 0.0533. The van der Waals surface area contributed by atoms with Crippen LogP contribution in [-0.4, -0.2) is 71.9 Å². The molecule has 2 fully saturated rings. The van der Waals surface area contributed by atoms with Gasteiger partial charge >= 0.3 is 0 Å². The summed E-state index contributed by atoms with van der Waals surface area (Å²) < 4.78 is 20.1. The van der Waals surface area contributed by atoms with E-state index >= 15 is 0 Å². The van der Waals surface area contributed by atoms with Crippen molar-refractivity contribution in [3.63, 3.8) is 0 Å². The SMILES string of the molecule is Cc1nc2cc(OC[C@H](O)CN3CCC(N[C@@H]4CCN(c5ccc(F)cc5)C4=O)CC3)ccc2s1. The Kier molecular flexibility index (Phi) is 7.29. The zero-order valence-corrected chi connectivity index (χ0v) is 20.6. The lowest BCUT2D eigenvalue weighted by Crippen LogP contribution is -2.50. The van der Waals surface area contributed by atoms with Gasteiger partial charge in [-0.25, -0.2) is 9.37 Å². The Bertz CT molecular complexity index is 1160. The van der Waals surface area contributed by atoms with E-state index in [2.05, 4.69) is 15.2 Å². The predicted octanol–water partition coefficient (Wildman–Crippen LogP) is 3.34. The van der Waals surface area contributed by atoms with Crippen LogP contribution in [0.3, 0.4) is 0 Å². The van der Waals surface area contributed by atoms with Crippen LogP contribution in [0.1, 0.15) is 24.3 Å². The summed E-state index contributed by atoms with van der Waals surface area (Å²) in [6, 6.07) is 12.0. The molecule has 0 radical (unpaired) electrons. The molecular weight excluding hydrogens is 467 g/mol. The fourth-order valence-corrected chi connectivity index (χ4v) is 5.74. The number of aliphatic hydroxyl groups is 1. The summed E-state index contributed by atoms with van der Waals surface area (Å²) in [7, 11) is 0. The zero-order chi connectivity index (χ0) is 24.4. The van der Waals surface area contributed by atoms with Gasteiger partial charge in [-0.15, -0.1) is 11.3 Å². The predicted molar refractivity (Wildman–Crippen MR) is 136 cm³/mol. The molecule has 186 valence electrons. The number of likely N-dealkylation sites (tertiary alicyclic amines) is 1. The van der Waals surface area contributed by atoms with Gasteiger partial charge in [-0.3, -0.25) is 4.79 Å². The average Bonchev–Trinajstić information content (AvgIpc) is 3.40. The molecule has 2 N–H and O–H groups in total. The molecule has 2 saturated heterocycles. The van der Waals surface area contributed by atoms with Gasteiger partial charge in [0.1, 0.15) is 24.3 Å². The summed E-state index contributed by atoms with van der Waals surface area (Å²) in [6.07, 6.45) is 2.02. The normalized spacial score (nSPS) is 20.6. The van der Waals surface area contributed by atoms with Crippen LogP contribution in [-0.2, 0) is 4.79 Å². The highest BCUT2D eigenvalue weighted by molar-refractivity contribution is 7.18. The molecule has 0 spiro atoms. The first-order valence-corrected chi connectivity index (χ1v) is 13.0. The number of aromatic nitrogens is 1. The van der Waals surface area contributed by atoms with Crippen LogP contribution in [0.5, 0.6) is 5.75 Å². The van der Waals surface area contributed by atoms with Gasteiger partial charge in [0, 0.05) is 30.9 Å². The van der Waals surface area contributed by atoms with Crippen molar-refractivity contribution in [2.45, 2.75) is 44.4 Å². The minimum Gasteiger partial charge on any atom is -0.491 e. The summed E-state index contributed by atoms with van der Waals surface area (Å²) in [5.74, 6) is 0.476. The van der Waals surface area contributed by atoms with Gasteiger partial charge in [0.05, 0.1) is 21.3 Å². The minimum atomic E-state index is -0.576. The number of carbonyl (C=O) groups is 1. The summed E-state index contributed by atoms with van der Waals surface area (Å²) in [6.45, 7) is 5.15. The molecule has 1 aromatic heterocycles. The highest BCUT2D eigenvalue weighted by atomic mass is 32.1. The van der Waals surface area contributed by atoms with Gasteiger partial charge < -0.3 is 25.0 Å². The van der Waals surface area contributed by atoms with Crippen molar-refractivity contribution in [1.82, 2.24) is 15.2 Å². The van der Waals surface area contributed by atoms with Gasteiger partial charge in [-0.2, -0.15) is 0 Å². The van der Waals surface area contributed by atoms with E-state index in [4.69, 9.17) is 4.74 Å². The van der Waals surface area contributed by atoms with Crippen LogP contribution in [0.4, 0.5) is 10.1 Å². The Morgan fingerprint density at radius 1 is 1.17 bits per heavy atom. The van der Waals surface area contributed by atoms with E-state index in [0.29, 0.717) is 13.1 Å². The smallest absolute Gasteiger partial charge is 0.244 e. The van der Waals surface area contributed by atoms with Crippen molar-refractivity contribution in [3.8, 4) is 5.75 Å². The van der Waals surface area contributed by atoms with Gasteiger partial charge in [0.25, 0.3) is 0 Å². The monoisotopic (exact) mass is 498 g/mol. The van der Waals surface area contributed by atoms with Crippen LogP contribution < -0.4 is 15.0 Å². The fourth-order valence-electron chi connectivity index (χ4n) is 4.93. The van der Waals surface area contributed by atoms with E-state index in [1.165, 1.54) is 12.1 Å². The molecule has 9 heteroatoms. The maximum absolute atomic E-state index is 13.2. The molecule has 0 aliphatic carbocycles. The number of β-amino-alcohol motifs (C(OH)–C–C–N with tert-alkyl or cyclic N) is 1. The van der Waals surface area contributed by atoms with Crippen LogP contribution >= 0.6 is 11.3 Å². The number of rotatable bonds is 8. The van der Waals surface area contributed by atoms with Crippen molar-refractivity contribution in [2.24, 2.45) is 0 Å². The third-order valence-electron chi connectivity index (χ3n) is 6.75. The number of fused-ring (bicyclic) bond motifs is 1. The first kappa shape index (κ1) is 24.1. The molecule has 2 aromatic carbocycles. The molecule has 2 aliphatic rings. The van der Waals surface area contributed by atoms with E-state index < -0.39 is 6.10 Å². The summed E-state index contributed by atoms with van der Waals surface area (Å²) >= 11 is 1.66. The van der Waals surface area contributed by atoms with Gasteiger partial charge in [-0.05, 0) is 75.7 Å². The van der Waals surface area contributed by atoms with E-state index in [0.717, 1.165) is 59.0 Å². The topological polar surface area (TPSA) is 77.9 Å². The van der Waals surface area contributed by atoms with E-state index in [9.17, 15) is 14.3 Å². The molecule has 0 saturated carbocycles. The molecule has 1 amide bonds. The molecular formula is C26H31FN4O3S. The summed E-state index contributed by atoms with van der Waals surface area (Å²) in [5, 5.41) is 15.1. The maximum atomic E-state index is 13.2. The van der Waals surface area contributed by atoms with Gasteiger partial charge in [-0.1, -0.05) is 0 Å². The number of anilines is 1. The number of hydrogen-bond acceptors (Lipinski definition) is 7. The first-order chi connectivity index (χ1) is 16.9. The number of hydrogen-bond donors (Lipinski definition) is 2. The van der Waals surface area contributed by atoms with Crippen molar-refractivity contribution >= 4 is 33.1 Å². The van der Waals surface area contributed by atoms with Gasteiger partial charge in [0.15, 0.2) is 0 Å². The number of carbonyl (C=O) groups excluding carboxylic acids is 1. The van der Waals surface area contributed by atoms with E-state index in [1.807, 2.05) is 25.1 Å². The van der Waals surface area contributed by atoms with E-state index in [-0.39, 0.29) is 30.4 Å². The Morgan fingerprint density at radius 3 is 2.71 bits per heavy atom.